The van der Waals surface area contributed by atoms with Gasteiger partial charge in [-0.3, -0.25) is 9.36 Å². The molecule has 0 radical (unpaired) electrons. The summed E-state index contributed by atoms with van der Waals surface area (Å²) in [6, 6.07) is 9.38. The highest BCUT2D eigenvalue weighted by atomic mass is 32.1. The SMILES string of the molecule is Cc1nc(N)c2c(n1)sc1c(=O)n(-c3ccccc3)cnc12. The summed E-state index contributed by atoms with van der Waals surface area (Å²) < 4.78 is 2.06. The lowest BCUT2D eigenvalue weighted by atomic mass is 10.3. The summed E-state index contributed by atoms with van der Waals surface area (Å²) in [5.41, 5.74) is 7.18. The fourth-order valence-corrected chi connectivity index (χ4v) is 3.55. The van der Waals surface area contributed by atoms with Gasteiger partial charge in [0.2, 0.25) is 0 Å². The van der Waals surface area contributed by atoms with Gasteiger partial charge in [0.1, 0.15) is 33.0 Å². The number of aromatic nitrogens is 4. The Labute approximate surface area is 128 Å². The third-order valence-corrected chi connectivity index (χ3v) is 4.48. The largest absolute Gasteiger partial charge is 0.383 e. The standard InChI is InChI=1S/C15H11N5OS/c1-8-18-13(16)10-11-12(22-14(10)19-8)15(21)20(7-17-11)9-5-3-2-4-6-9/h2-7H,1H3,(H2,16,18,19). The minimum absolute atomic E-state index is 0.128. The van der Waals surface area contributed by atoms with Crippen LogP contribution < -0.4 is 11.3 Å². The van der Waals surface area contributed by atoms with Crippen molar-refractivity contribution in [1.82, 2.24) is 19.5 Å². The summed E-state index contributed by atoms with van der Waals surface area (Å²) in [6.45, 7) is 1.77. The first-order valence-corrected chi connectivity index (χ1v) is 7.46. The van der Waals surface area contributed by atoms with E-state index in [1.807, 2.05) is 30.3 Å². The number of aryl methyl sites for hydroxylation is 1. The highest BCUT2D eigenvalue weighted by Crippen LogP contribution is 2.32. The Balaban J connectivity index is 2.11. The van der Waals surface area contributed by atoms with Gasteiger partial charge in [0.05, 0.1) is 11.1 Å². The molecular weight excluding hydrogens is 298 g/mol. The van der Waals surface area contributed by atoms with Crippen molar-refractivity contribution in [2.24, 2.45) is 0 Å². The number of para-hydroxylation sites is 1. The number of benzene rings is 1. The molecule has 108 valence electrons. The first-order valence-electron chi connectivity index (χ1n) is 6.64. The van der Waals surface area contributed by atoms with Gasteiger partial charge in [-0.1, -0.05) is 18.2 Å². The van der Waals surface area contributed by atoms with Crippen LogP contribution in [0.4, 0.5) is 5.82 Å². The quantitative estimate of drug-likeness (QED) is 0.583. The van der Waals surface area contributed by atoms with E-state index in [0.29, 0.717) is 32.1 Å². The van der Waals surface area contributed by atoms with Crippen molar-refractivity contribution in [3.05, 3.63) is 52.8 Å². The lowest BCUT2D eigenvalue weighted by molar-refractivity contribution is 0.967. The maximum atomic E-state index is 12.7. The smallest absolute Gasteiger partial charge is 0.275 e. The van der Waals surface area contributed by atoms with Crippen LogP contribution in [0.5, 0.6) is 0 Å². The molecule has 7 heteroatoms. The number of rotatable bonds is 1. The first kappa shape index (κ1) is 12.9. The number of nitrogen functional groups attached to an aromatic ring is 1. The average Bonchev–Trinajstić information content (AvgIpc) is 2.88. The molecule has 0 aliphatic heterocycles. The van der Waals surface area contributed by atoms with E-state index in [2.05, 4.69) is 15.0 Å². The summed E-state index contributed by atoms with van der Waals surface area (Å²) in [6.07, 6.45) is 1.52. The third-order valence-electron chi connectivity index (χ3n) is 3.42. The van der Waals surface area contributed by atoms with Gasteiger partial charge >= 0.3 is 0 Å². The number of hydrogen-bond donors (Lipinski definition) is 1. The van der Waals surface area contributed by atoms with E-state index >= 15 is 0 Å². The fraction of sp³-hybridized carbons (Fsp3) is 0.0667. The number of anilines is 1. The molecule has 0 unspecified atom stereocenters. The molecule has 0 spiro atoms. The number of fused-ring (bicyclic) bond motifs is 3. The predicted octanol–water partition coefficient (Wildman–Crippen LogP) is 2.28. The topological polar surface area (TPSA) is 86.7 Å². The highest BCUT2D eigenvalue weighted by molar-refractivity contribution is 7.25. The van der Waals surface area contributed by atoms with Crippen LogP contribution in [0.2, 0.25) is 0 Å². The zero-order chi connectivity index (χ0) is 15.3. The number of thiophene rings is 1. The van der Waals surface area contributed by atoms with Crippen LogP contribution in [0.1, 0.15) is 5.82 Å². The second-order valence-corrected chi connectivity index (χ2v) is 5.87. The van der Waals surface area contributed by atoms with Gasteiger partial charge in [-0.25, -0.2) is 15.0 Å². The lowest BCUT2D eigenvalue weighted by Crippen LogP contribution is -2.17. The minimum atomic E-state index is -0.128. The van der Waals surface area contributed by atoms with E-state index in [-0.39, 0.29) is 5.56 Å². The van der Waals surface area contributed by atoms with E-state index in [9.17, 15) is 4.79 Å². The van der Waals surface area contributed by atoms with Crippen molar-refractivity contribution in [3.63, 3.8) is 0 Å². The average molecular weight is 309 g/mol. The fourth-order valence-electron chi connectivity index (χ4n) is 2.44. The Morgan fingerprint density at radius 2 is 1.95 bits per heavy atom. The van der Waals surface area contributed by atoms with Crippen molar-refractivity contribution in [3.8, 4) is 5.69 Å². The van der Waals surface area contributed by atoms with Crippen molar-refractivity contribution >= 4 is 37.6 Å². The molecule has 0 saturated carbocycles. The number of nitrogens with two attached hydrogens (primary N) is 1. The Hall–Kier alpha value is -2.80. The molecular formula is C15H11N5OS. The van der Waals surface area contributed by atoms with E-state index in [1.165, 1.54) is 22.2 Å². The van der Waals surface area contributed by atoms with Gasteiger partial charge in [-0.2, -0.15) is 0 Å². The molecule has 22 heavy (non-hydrogen) atoms. The van der Waals surface area contributed by atoms with Crippen LogP contribution >= 0.6 is 11.3 Å². The van der Waals surface area contributed by atoms with Crippen molar-refractivity contribution in [1.29, 1.82) is 0 Å². The Bertz CT molecular complexity index is 1070. The molecule has 4 rings (SSSR count). The second-order valence-electron chi connectivity index (χ2n) is 4.87. The molecule has 0 fully saturated rings. The van der Waals surface area contributed by atoms with Crippen LogP contribution in [0.15, 0.2) is 41.5 Å². The van der Waals surface area contributed by atoms with E-state index < -0.39 is 0 Å². The van der Waals surface area contributed by atoms with Gasteiger partial charge in [-0.15, -0.1) is 11.3 Å². The van der Waals surface area contributed by atoms with Gasteiger partial charge in [0.25, 0.3) is 5.56 Å². The van der Waals surface area contributed by atoms with Crippen molar-refractivity contribution in [2.75, 3.05) is 5.73 Å². The van der Waals surface area contributed by atoms with E-state index in [0.717, 1.165) is 5.69 Å². The van der Waals surface area contributed by atoms with Gasteiger partial charge < -0.3 is 5.73 Å². The normalized spacial score (nSPS) is 11.3. The molecule has 3 heterocycles. The maximum absolute atomic E-state index is 12.7. The lowest BCUT2D eigenvalue weighted by Gasteiger charge is -2.04. The Morgan fingerprint density at radius 1 is 1.18 bits per heavy atom. The predicted molar refractivity (Wildman–Crippen MR) is 87.5 cm³/mol. The zero-order valence-corrected chi connectivity index (χ0v) is 12.5. The van der Waals surface area contributed by atoms with Crippen molar-refractivity contribution < 1.29 is 0 Å². The second kappa shape index (κ2) is 4.60. The van der Waals surface area contributed by atoms with Crippen molar-refractivity contribution in [2.45, 2.75) is 6.92 Å². The molecule has 3 aromatic heterocycles. The van der Waals surface area contributed by atoms with Gasteiger partial charge in [-0.05, 0) is 19.1 Å². The monoisotopic (exact) mass is 309 g/mol. The van der Waals surface area contributed by atoms with Crippen LogP contribution in [0.25, 0.3) is 26.1 Å². The molecule has 0 aliphatic carbocycles. The van der Waals surface area contributed by atoms with E-state index in [1.54, 1.807) is 6.92 Å². The zero-order valence-electron chi connectivity index (χ0n) is 11.6. The highest BCUT2D eigenvalue weighted by Gasteiger charge is 2.16. The van der Waals surface area contributed by atoms with E-state index in [4.69, 9.17) is 5.73 Å². The van der Waals surface area contributed by atoms with Gasteiger partial charge in [0.15, 0.2) is 0 Å². The molecule has 0 saturated heterocycles. The molecule has 2 N–H and O–H groups in total. The van der Waals surface area contributed by atoms with Crippen LogP contribution in [0.3, 0.4) is 0 Å². The third kappa shape index (κ3) is 1.79. The Kier molecular flexibility index (Phi) is 2.70. The minimum Gasteiger partial charge on any atom is -0.383 e. The molecule has 0 amide bonds. The summed E-state index contributed by atoms with van der Waals surface area (Å²) in [7, 11) is 0. The Morgan fingerprint density at radius 3 is 2.73 bits per heavy atom. The van der Waals surface area contributed by atoms with Crippen LogP contribution in [0, 0.1) is 6.92 Å². The molecule has 1 aromatic carbocycles. The number of hydrogen-bond acceptors (Lipinski definition) is 6. The summed E-state index contributed by atoms with van der Waals surface area (Å²) in [5.74, 6) is 0.943. The summed E-state index contributed by atoms with van der Waals surface area (Å²) in [5, 5.41) is 0.655. The summed E-state index contributed by atoms with van der Waals surface area (Å²) >= 11 is 1.30. The first-order chi connectivity index (χ1) is 10.6. The molecule has 0 bridgehead atoms. The molecule has 0 atom stereocenters. The molecule has 6 nitrogen and oxygen atoms in total. The van der Waals surface area contributed by atoms with Crippen LogP contribution in [-0.4, -0.2) is 19.5 Å². The summed E-state index contributed by atoms with van der Waals surface area (Å²) in [4.78, 5) is 26.4. The molecule has 0 aliphatic rings. The maximum Gasteiger partial charge on any atom is 0.275 e. The molecule has 4 aromatic rings. The van der Waals surface area contributed by atoms with Gasteiger partial charge in [0, 0.05) is 0 Å². The number of nitrogens with zero attached hydrogens (tertiary/aromatic N) is 4. The van der Waals surface area contributed by atoms with Crippen LogP contribution in [-0.2, 0) is 0 Å².